The Morgan fingerprint density at radius 1 is 1.19 bits per heavy atom. The number of nitrogens with zero attached hydrogens (tertiary/aromatic N) is 4. The summed E-state index contributed by atoms with van der Waals surface area (Å²) in [5, 5.41) is 10.7. The molecule has 0 radical (unpaired) electrons. The minimum absolute atomic E-state index is 0.0258. The van der Waals surface area contributed by atoms with Crippen LogP contribution in [0.4, 0.5) is 11.8 Å². The minimum atomic E-state index is -0.527. The molecule has 0 atom stereocenters. The number of hydrogen-bond acceptors (Lipinski definition) is 6. The Balaban J connectivity index is 2.25. The Labute approximate surface area is 127 Å². The number of hydrogen-bond donors (Lipinski definition) is 2. The van der Waals surface area contributed by atoms with Crippen LogP contribution in [0.2, 0.25) is 5.02 Å². The van der Waals surface area contributed by atoms with Crippen LogP contribution in [-0.4, -0.2) is 26.1 Å². The van der Waals surface area contributed by atoms with Gasteiger partial charge in [-0.05, 0) is 25.0 Å². The van der Waals surface area contributed by atoms with Gasteiger partial charge in [0.05, 0.1) is 16.4 Å². The van der Waals surface area contributed by atoms with E-state index in [0.717, 1.165) is 17.8 Å². The van der Waals surface area contributed by atoms with E-state index < -0.39 is 5.91 Å². The molecule has 2 heterocycles. The summed E-state index contributed by atoms with van der Waals surface area (Å²) in [4.78, 5) is 20.3. The lowest BCUT2D eigenvalue weighted by molar-refractivity contribution is 0.102. The number of anilines is 2. The lowest BCUT2D eigenvalue weighted by Gasteiger charge is -2.07. The highest BCUT2D eigenvalue weighted by Crippen LogP contribution is 2.16. The van der Waals surface area contributed by atoms with Crippen LogP contribution in [-0.2, 0) is 12.8 Å². The van der Waals surface area contributed by atoms with Gasteiger partial charge in [-0.15, -0.1) is 10.2 Å². The molecule has 0 saturated carbocycles. The zero-order chi connectivity index (χ0) is 15.4. The second-order valence-corrected chi connectivity index (χ2v) is 4.66. The molecule has 110 valence electrons. The number of nitrogens with two attached hydrogens (primary N) is 1. The second-order valence-electron chi connectivity index (χ2n) is 4.26. The molecule has 0 unspecified atom stereocenters. The van der Waals surface area contributed by atoms with Gasteiger partial charge in [0, 0.05) is 0 Å². The molecule has 0 aliphatic carbocycles. The van der Waals surface area contributed by atoms with Crippen LogP contribution in [0.5, 0.6) is 0 Å². The van der Waals surface area contributed by atoms with Gasteiger partial charge in [-0.3, -0.25) is 10.1 Å². The Morgan fingerprint density at radius 3 is 2.57 bits per heavy atom. The fourth-order valence-electron chi connectivity index (χ4n) is 1.77. The number of nitrogens with one attached hydrogen (secondary N) is 1. The number of aromatic nitrogens is 4. The monoisotopic (exact) mass is 306 g/mol. The van der Waals surface area contributed by atoms with E-state index in [4.69, 9.17) is 17.3 Å². The number of rotatable bonds is 4. The van der Waals surface area contributed by atoms with Crippen molar-refractivity contribution in [2.45, 2.75) is 26.7 Å². The lowest BCUT2D eigenvalue weighted by atomic mass is 10.2. The fraction of sp³-hybridized carbons (Fsp3) is 0.308. The normalized spacial score (nSPS) is 10.4. The molecule has 0 fully saturated rings. The summed E-state index contributed by atoms with van der Waals surface area (Å²) < 4.78 is 0. The third-order valence-electron chi connectivity index (χ3n) is 2.82. The molecule has 8 heteroatoms. The summed E-state index contributed by atoms with van der Waals surface area (Å²) in [6, 6.07) is 3.03. The molecular formula is C13H15ClN6O. The molecule has 0 aliphatic heterocycles. The summed E-state index contributed by atoms with van der Waals surface area (Å²) in [5.74, 6) is -0.200. The molecule has 2 rings (SSSR count). The summed E-state index contributed by atoms with van der Waals surface area (Å²) in [5.41, 5.74) is 7.19. The Kier molecular flexibility index (Phi) is 4.64. The Hall–Kier alpha value is -2.28. The van der Waals surface area contributed by atoms with Gasteiger partial charge in [0.1, 0.15) is 11.5 Å². The minimum Gasteiger partial charge on any atom is -0.384 e. The number of nitrogen functional groups attached to an aromatic ring is 1. The molecule has 3 N–H and O–H groups in total. The van der Waals surface area contributed by atoms with Gasteiger partial charge in [-0.25, -0.2) is 9.97 Å². The average Bonchev–Trinajstić information content (AvgIpc) is 2.49. The fourth-order valence-corrected chi connectivity index (χ4v) is 1.96. The summed E-state index contributed by atoms with van der Waals surface area (Å²) in [7, 11) is 0. The molecule has 0 spiro atoms. The van der Waals surface area contributed by atoms with Crippen molar-refractivity contribution < 1.29 is 4.79 Å². The molecule has 21 heavy (non-hydrogen) atoms. The molecule has 0 aliphatic rings. The molecular weight excluding hydrogens is 292 g/mol. The highest BCUT2D eigenvalue weighted by Gasteiger charge is 2.15. The van der Waals surface area contributed by atoms with Crippen LogP contribution < -0.4 is 11.1 Å². The van der Waals surface area contributed by atoms with Gasteiger partial charge >= 0.3 is 0 Å². The largest absolute Gasteiger partial charge is 0.384 e. The quantitative estimate of drug-likeness (QED) is 0.893. The zero-order valence-corrected chi connectivity index (χ0v) is 12.5. The van der Waals surface area contributed by atoms with Crippen molar-refractivity contribution >= 4 is 29.3 Å². The van der Waals surface area contributed by atoms with Gasteiger partial charge in [0.25, 0.3) is 5.91 Å². The summed E-state index contributed by atoms with van der Waals surface area (Å²) >= 11 is 5.93. The zero-order valence-electron chi connectivity index (χ0n) is 11.7. The van der Waals surface area contributed by atoms with E-state index in [2.05, 4.69) is 25.5 Å². The number of carbonyl (C=O) groups is 1. The number of carbonyl (C=O) groups excluding carboxylic acids is 1. The molecule has 2 aromatic rings. The van der Waals surface area contributed by atoms with Crippen LogP contribution in [0.25, 0.3) is 0 Å². The summed E-state index contributed by atoms with van der Waals surface area (Å²) in [6.07, 6.45) is 1.44. The molecule has 0 aromatic carbocycles. The predicted molar refractivity (Wildman–Crippen MR) is 80.2 cm³/mol. The van der Waals surface area contributed by atoms with E-state index in [0.29, 0.717) is 6.42 Å². The van der Waals surface area contributed by atoms with Crippen molar-refractivity contribution in [2.75, 3.05) is 11.1 Å². The highest BCUT2D eigenvalue weighted by atomic mass is 35.5. The average molecular weight is 307 g/mol. The molecule has 0 bridgehead atoms. The first-order valence-electron chi connectivity index (χ1n) is 6.51. The second kappa shape index (κ2) is 6.45. The molecule has 2 aromatic heterocycles. The SMILES string of the molecule is CCc1nnc(NC(=O)c2nc(N)ccc2Cl)nc1CC. The number of aryl methyl sites for hydroxylation is 2. The van der Waals surface area contributed by atoms with Crippen molar-refractivity contribution in [3.8, 4) is 0 Å². The van der Waals surface area contributed by atoms with E-state index in [9.17, 15) is 4.79 Å². The van der Waals surface area contributed by atoms with E-state index in [1.807, 2.05) is 13.8 Å². The number of amides is 1. The van der Waals surface area contributed by atoms with Crippen LogP contribution in [0.15, 0.2) is 12.1 Å². The Bertz CT molecular complexity index is 676. The molecule has 1 amide bonds. The van der Waals surface area contributed by atoms with Crippen molar-refractivity contribution in [3.63, 3.8) is 0 Å². The third kappa shape index (κ3) is 3.43. The van der Waals surface area contributed by atoms with Gasteiger partial charge in [0.2, 0.25) is 5.95 Å². The van der Waals surface area contributed by atoms with Gasteiger partial charge in [0.15, 0.2) is 0 Å². The van der Waals surface area contributed by atoms with E-state index in [1.165, 1.54) is 12.1 Å². The van der Waals surface area contributed by atoms with Gasteiger partial charge < -0.3 is 5.73 Å². The predicted octanol–water partition coefficient (Wildman–Crippen LogP) is 1.88. The third-order valence-corrected chi connectivity index (χ3v) is 3.12. The first-order chi connectivity index (χ1) is 10.0. The first kappa shape index (κ1) is 15.1. The van der Waals surface area contributed by atoms with Gasteiger partial charge in [-0.2, -0.15) is 0 Å². The van der Waals surface area contributed by atoms with Crippen molar-refractivity contribution in [3.05, 3.63) is 34.2 Å². The van der Waals surface area contributed by atoms with E-state index >= 15 is 0 Å². The summed E-state index contributed by atoms with van der Waals surface area (Å²) in [6.45, 7) is 3.94. The first-order valence-corrected chi connectivity index (χ1v) is 6.88. The number of pyridine rings is 1. The molecule has 7 nitrogen and oxygen atoms in total. The van der Waals surface area contributed by atoms with Crippen molar-refractivity contribution in [2.24, 2.45) is 0 Å². The van der Waals surface area contributed by atoms with Crippen LogP contribution >= 0.6 is 11.6 Å². The maximum absolute atomic E-state index is 12.1. The van der Waals surface area contributed by atoms with Crippen LogP contribution in [0.3, 0.4) is 0 Å². The Morgan fingerprint density at radius 2 is 1.90 bits per heavy atom. The van der Waals surface area contributed by atoms with Crippen molar-refractivity contribution in [1.29, 1.82) is 0 Å². The van der Waals surface area contributed by atoms with E-state index in [-0.39, 0.29) is 22.5 Å². The van der Waals surface area contributed by atoms with Crippen LogP contribution in [0, 0.1) is 0 Å². The topological polar surface area (TPSA) is 107 Å². The van der Waals surface area contributed by atoms with Crippen molar-refractivity contribution in [1.82, 2.24) is 20.2 Å². The standard InChI is InChI=1S/C13H15ClN6O/c1-3-8-9(4-2)19-20-13(16-8)18-12(21)11-7(14)5-6-10(15)17-11/h5-6H,3-4H2,1-2H3,(H2,15,17)(H,16,18,20,21). The highest BCUT2D eigenvalue weighted by molar-refractivity contribution is 6.34. The van der Waals surface area contributed by atoms with Crippen LogP contribution in [0.1, 0.15) is 35.7 Å². The maximum Gasteiger partial charge on any atom is 0.278 e. The smallest absolute Gasteiger partial charge is 0.278 e. The number of halogens is 1. The molecule has 0 saturated heterocycles. The van der Waals surface area contributed by atoms with E-state index in [1.54, 1.807) is 0 Å². The lowest BCUT2D eigenvalue weighted by Crippen LogP contribution is -2.18. The maximum atomic E-state index is 12.1. The van der Waals surface area contributed by atoms with Gasteiger partial charge in [-0.1, -0.05) is 25.4 Å².